The molecule has 1 atom stereocenters. The molecule has 1 amide bonds. The summed E-state index contributed by atoms with van der Waals surface area (Å²) in [6.07, 6.45) is 4.58. The number of carbonyl (C=O) groups is 1. The fourth-order valence-corrected chi connectivity index (χ4v) is 3.40. The van der Waals surface area contributed by atoms with Crippen LogP contribution in [-0.2, 0) is 4.79 Å². The van der Waals surface area contributed by atoms with Crippen molar-refractivity contribution in [3.8, 4) is 0 Å². The average Bonchev–Trinajstić information content (AvgIpc) is 2.23. The molecule has 1 fully saturated rings. The number of carbonyl (C=O) groups excluding carboxylic acids is 1. The van der Waals surface area contributed by atoms with Crippen LogP contribution < -0.4 is 11.1 Å². The molecule has 0 saturated heterocycles. The summed E-state index contributed by atoms with van der Waals surface area (Å²) in [5.41, 5.74) is 5.18. The van der Waals surface area contributed by atoms with Crippen LogP contribution in [0.1, 0.15) is 33.1 Å². The molecule has 3 N–H and O–H groups in total. The molecule has 0 spiro atoms. The molecule has 17 heavy (non-hydrogen) atoms. The zero-order chi connectivity index (χ0) is 13.1. The van der Waals surface area contributed by atoms with Crippen LogP contribution in [0.4, 0.5) is 0 Å². The third-order valence-corrected chi connectivity index (χ3v) is 4.62. The van der Waals surface area contributed by atoms with E-state index >= 15 is 0 Å². The zero-order valence-electron chi connectivity index (χ0n) is 10.8. The van der Waals surface area contributed by atoms with Crippen molar-refractivity contribution in [2.75, 3.05) is 12.0 Å². The Kier molecular flexibility index (Phi) is 5.25. The third-order valence-electron chi connectivity index (χ3n) is 3.50. The smallest absolute Gasteiger partial charge is 0.233 e. The van der Waals surface area contributed by atoms with Gasteiger partial charge in [0.25, 0.3) is 0 Å². The van der Waals surface area contributed by atoms with Crippen molar-refractivity contribution in [3.63, 3.8) is 0 Å². The van der Waals surface area contributed by atoms with E-state index in [1.807, 2.05) is 6.26 Å². The first-order valence-electron chi connectivity index (χ1n) is 6.06. The largest absolute Gasteiger partial charge is 0.392 e. The maximum absolute atomic E-state index is 12.3. The number of hydrogen-bond acceptors (Lipinski definition) is 3. The molecule has 98 valence electrons. The van der Waals surface area contributed by atoms with Crippen molar-refractivity contribution in [2.24, 2.45) is 17.1 Å². The molecule has 5 heteroatoms. The second-order valence-corrected chi connectivity index (χ2v) is 6.34. The van der Waals surface area contributed by atoms with Crippen LogP contribution in [0, 0.1) is 11.3 Å². The molecule has 1 saturated carbocycles. The molecule has 0 heterocycles. The van der Waals surface area contributed by atoms with Gasteiger partial charge in [-0.2, -0.15) is 11.8 Å². The Labute approximate surface area is 113 Å². The number of amides is 1. The Balaban J connectivity index is 2.64. The van der Waals surface area contributed by atoms with Gasteiger partial charge in [0.2, 0.25) is 5.91 Å². The summed E-state index contributed by atoms with van der Waals surface area (Å²) in [6, 6.07) is 0.222. The highest BCUT2D eigenvalue weighted by atomic mass is 32.2. The molecule has 1 rings (SSSR count). The number of nitrogens with one attached hydrogen (secondary N) is 1. The summed E-state index contributed by atoms with van der Waals surface area (Å²) >= 11 is 6.82. The van der Waals surface area contributed by atoms with Gasteiger partial charge in [-0.3, -0.25) is 4.79 Å². The van der Waals surface area contributed by atoms with Gasteiger partial charge in [0.1, 0.15) is 0 Å². The lowest BCUT2D eigenvalue weighted by Gasteiger charge is -2.44. The van der Waals surface area contributed by atoms with Crippen LogP contribution >= 0.6 is 24.0 Å². The Morgan fingerprint density at radius 1 is 1.65 bits per heavy atom. The lowest BCUT2D eigenvalue weighted by molar-refractivity contribution is -0.133. The highest BCUT2D eigenvalue weighted by Crippen LogP contribution is 2.46. The molecule has 0 aromatic rings. The van der Waals surface area contributed by atoms with E-state index in [1.54, 1.807) is 11.8 Å². The van der Waals surface area contributed by atoms with Gasteiger partial charge in [0.15, 0.2) is 0 Å². The van der Waals surface area contributed by atoms with E-state index in [1.165, 1.54) is 0 Å². The first-order chi connectivity index (χ1) is 7.96. The minimum atomic E-state index is -0.569. The van der Waals surface area contributed by atoms with E-state index in [9.17, 15) is 4.79 Å². The molecule has 3 nitrogen and oxygen atoms in total. The van der Waals surface area contributed by atoms with Gasteiger partial charge >= 0.3 is 0 Å². The van der Waals surface area contributed by atoms with Crippen LogP contribution in [-0.4, -0.2) is 28.9 Å². The van der Waals surface area contributed by atoms with Gasteiger partial charge in [0, 0.05) is 11.8 Å². The third kappa shape index (κ3) is 3.13. The SMILES string of the molecule is CCC(CSC)NC(=O)C1(C(N)=S)CC(C)C1. The number of rotatable bonds is 6. The van der Waals surface area contributed by atoms with Gasteiger partial charge in [-0.15, -0.1) is 0 Å². The van der Waals surface area contributed by atoms with Crippen molar-refractivity contribution < 1.29 is 4.79 Å². The van der Waals surface area contributed by atoms with Gasteiger partial charge in [0.05, 0.1) is 10.4 Å². The number of nitrogens with two attached hydrogens (primary N) is 1. The predicted octanol–water partition coefficient (Wildman–Crippen LogP) is 1.95. The summed E-state index contributed by atoms with van der Waals surface area (Å²) in [7, 11) is 0. The Morgan fingerprint density at radius 2 is 2.24 bits per heavy atom. The summed E-state index contributed by atoms with van der Waals surface area (Å²) < 4.78 is 0. The van der Waals surface area contributed by atoms with Crippen molar-refractivity contribution in [3.05, 3.63) is 0 Å². The first kappa shape index (κ1) is 14.8. The van der Waals surface area contributed by atoms with Crippen molar-refractivity contribution in [1.82, 2.24) is 5.32 Å². The fourth-order valence-electron chi connectivity index (χ4n) is 2.41. The summed E-state index contributed by atoms with van der Waals surface area (Å²) in [6.45, 7) is 4.21. The minimum Gasteiger partial charge on any atom is -0.392 e. The molecule has 0 aromatic heterocycles. The normalized spacial score (nSPS) is 29.2. The van der Waals surface area contributed by atoms with Crippen molar-refractivity contribution >= 4 is 34.9 Å². The van der Waals surface area contributed by atoms with E-state index in [-0.39, 0.29) is 11.9 Å². The molecule has 1 aliphatic carbocycles. The highest BCUT2D eigenvalue weighted by Gasteiger charge is 2.51. The van der Waals surface area contributed by atoms with Gasteiger partial charge < -0.3 is 11.1 Å². The Hall–Kier alpha value is -0.290. The van der Waals surface area contributed by atoms with E-state index in [0.29, 0.717) is 10.9 Å². The number of thioether (sulfide) groups is 1. The predicted molar refractivity (Wildman–Crippen MR) is 78.2 cm³/mol. The van der Waals surface area contributed by atoms with Crippen LogP contribution in [0.3, 0.4) is 0 Å². The molecule has 0 aromatic carbocycles. The molecule has 1 unspecified atom stereocenters. The van der Waals surface area contributed by atoms with Gasteiger partial charge in [-0.05, 0) is 31.4 Å². The standard InChI is InChI=1S/C12H22N2OS2/c1-4-9(7-17-3)14-11(15)12(10(13)16)5-8(2)6-12/h8-9H,4-7H2,1-3H3,(H2,13,16)(H,14,15). The second kappa shape index (κ2) is 6.05. The maximum atomic E-state index is 12.3. The lowest BCUT2D eigenvalue weighted by Crippen LogP contribution is -2.57. The lowest BCUT2D eigenvalue weighted by atomic mass is 9.62. The first-order valence-corrected chi connectivity index (χ1v) is 7.86. The van der Waals surface area contributed by atoms with Crippen molar-refractivity contribution in [2.45, 2.75) is 39.2 Å². The average molecular weight is 274 g/mol. The topological polar surface area (TPSA) is 55.1 Å². The fraction of sp³-hybridized carbons (Fsp3) is 0.833. The molecule has 0 radical (unpaired) electrons. The van der Waals surface area contributed by atoms with Crippen LogP contribution in [0.25, 0.3) is 0 Å². The summed E-state index contributed by atoms with van der Waals surface area (Å²) in [4.78, 5) is 12.6. The van der Waals surface area contributed by atoms with E-state index in [4.69, 9.17) is 18.0 Å². The van der Waals surface area contributed by atoms with E-state index in [2.05, 4.69) is 19.2 Å². The molecular formula is C12H22N2OS2. The van der Waals surface area contributed by atoms with E-state index in [0.717, 1.165) is 25.0 Å². The monoisotopic (exact) mass is 274 g/mol. The highest BCUT2D eigenvalue weighted by molar-refractivity contribution is 7.98. The quantitative estimate of drug-likeness (QED) is 0.727. The Morgan fingerprint density at radius 3 is 2.59 bits per heavy atom. The molecule has 0 bridgehead atoms. The number of hydrogen-bond donors (Lipinski definition) is 2. The minimum absolute atomic E-state index is 0.0315. The maximum Gasteiger partial charge on any atom is 0.233 e. The summed E-state index contributed by atoms with van der Waals surface area (Å²) in [5.74, 6) is 1.51. The van der Waals surface area contributed by atoms with Gasteiger partial charge in [-0.1, -0.05) is 26.1 Å². The molecular weight excluding hydrogens is 252 g/mol. The van der Waals surface area contributed by atoms with E-state index < -0.39 is 5.41 Å². The Bertz CT molecular complexity index is 301. The summed E-state index contributed by atoms with van der Waals surface area (Å²) in [5, 5.41) is 3.08. The zero-order valence-corrected chi connectivity index (χ0v) is 12.4. The number of thiocarbonyl (C=S) groups is 1. The van der Waals surface area contributed by atoms with Crippen LogP contribution in [0.5, 0.6) is 0 Å². The van der Waals surface area contributed by atoms with Crippen LogP contribution in [0.2, 0.25) is 0 Å². The second-order valence-electron chi connectivity index (χ2n) is 4.99. The van der Waals surface area contributed by atoms with Crippen LogP contribution in [0.15, 0.2) is 0 Å². The van der Waals surface area contributed by atoms with Crippen molar-refractivity contribution in [1.29, 1.82) is 0 Å². The molecule has 0 aliphatic heterocycles. The molecule has 1 aliphatic rings. The van der Waals surface area contributed by atoms with Gasteiger partial charge in [-0.25, -0.2) is 0 Å².